The summed E-state index contributed by atoms with van der Waals surface area (Å²) in [6.45, 7) is 3.01. The van der Waals surface area contributed by atoms with E-state index in [1.807, 2.05) is 0 Å². The van der Waals surface area contributed by atoms with E-state index in [-0.39, 0.29) is 0 Å². The number of carboxylic acids is 1. The minimum absolute atomic E-state index is 0.329. The summed E-state index contributed by atoms with van der Waals surface area (Å²) < 4.78 is 36.7. The van der Waals surface area contributed by atoms with Crippen LogP contribution >= 0.6 is 0 Å². The lowest BCUT2D eigenvalue weighted by Crippen LogP contribution is -2.47. The summed E-state index contributed by atoms with van der Waals surface area (Å²) in [6.07, 6.45) is -2.68. The molecule has 0 saturated carbocycles. The second kappa shape index (κ2) is 7.69. The van der Waals surface area contributed by atoms with Crippen LogP contribution in [0.25, 0.3) is 0 Å². The van der Waals surface area contributed by atoms with Crippen molar-refractivity contribution in [2.24, 2.45) is 0 Å². The number of hydrogen-bond acceptors (Lipinski definition) is 3. The zero-order valence-corrected chi connectivity index (χ0v) is 11.7. The van der Waals surface area contributed by atoms with Gasteiger partial charge in [-0.1, -0.05) is 6.92 Å². The van der Waals surface area contributed by atoms with Crippen molar-refractivity contribution in [1.82, 2.24) is 10.2 Å². The van der Waals surface area contributed by atoms with E-state index < -0.39 is 24.2 Å². The summed E-state index contributed by atoms with van der Waals surface area (Å²) in [5.41, 5.74) is -1.01. The molecule has 0 aromatic rings. The Morgan fingerprint density at radius 3 is 2.26 bits per heavy atom. The van der Waals surface area contributed by atoms with Crippen LogP contribution in [0.3, 0.4) is 0 Å². The first-order valence-electron chi connectivity index (χ1n) is 6.36. The third-order valence-electron chi connectivity index (χ3n) is 3.28. The molecular weight excluding hydrogens is 261 g/mol. The first-order chi connectivity index (χ1) is 8.64. The topological polar surface area (TPSA) is 52.6 Å². The maximum absolute atomic E-state index is 12.2. The number of unbranched alkanes of at least 4 members (excludes halogenated alkanes) is 1. The molecule has 0 amide bonds. The quantitative estimate of drug-likeness (QED) is 0.637. The number of aliphatic carboxylic acids is 1. The second-order valence-electron chi connectivity index (χ2n) is 4.83. The number of nitrogens with one attached hydrogen (secondary N) is 1. The first kappa shape index (κ1) is 18.2. The molecule has 0 aromatic heterocycles. The largest absolute Gasteiger partial charge is 0.480 e. The van der Waals surface area contributed by atoms with E-state index in [1.165, 1.54) is 4.90 Å². The zero-order valence-electron chi connectivity index (χ0n) is 11.7. The molecule has 0 aliphatic rings. The van der Waals surface area contributed by atoms with Crippen LogP contribution in [-0.2, 0) is 4.79 Å². The maximum atomic E-state index is 12.2. The zero-order chi connectivity index (χ0) is 15.1. The highest BCUT2D eigenvalue weighted by atomic mass is 19.4. The van der Waals surface area contributed by atoms with E-state index in [4.69, 9.17) is 5.11 Å². The Hall–Kier alpha value is -0.820. The Kier molecular flexibility index (Phi) is 7.36. The van der Waals surface area contributed by atoms with Crippen molar-refractivity contribution in [3.8, 4) is 0 Å². The van der Waals surface area contributed by atoms with E-state index in [9.17, 15) is 18.0 Å². The van der Waals surface area contributed by atoms with Crippen LogP contribution in [-0.4, -0.2) is 54.4 Å². The minimum atomic E-state index is -4.18. The van der Waals surface area contributed by atoms with Crippen LogP contribution in [0.5, 0.6) is 0 Å². The fraction of sp³-hybridized carbons (Fsp3) is 0.917. The number of carboxylic acid groups (broad SMARTS) is 1. The van der Waals surface area contributed by atoms with Crippen LogP contribution in [0.2, 0.25) is 0 Å². The van der Waals surface area contributed by atoms with Crippen molar-refractivity contribution in [1.29, 1.82) is 0 Å². The number of carbonyl (C=O) groups is 1. The molecule has 4 nitrogen and oxygen atoms in total. The molecule has 2 N–H and O–H groups in total. The van der Waals surface area contributed by atoms with Gasteiger partial charge in [0.05, 0.1) is 6.54 Å². The van der Waals surface area contributed by atoms with Gasteiger partial charge in [0.2, 0.25) is 0 Å². The van der Waals surface area contributed by atoms with Crippen molar-refractivity contribution in [3.05, 3.63) is 0 Å². The Morgan fingerprint density at radius 2 is 1.89 bits per heavy atom. The van der Waals surface area contributed by atoms with Crippen LogP contribution < -0.4 is 5.32 Å². The van der Waals surface area contributed by atoms with Gasteiger partial charge >= 0.3 is 12.1 Å². The third-order valence-corrected chi connectivity index (χ3v) is 3.28. The highest BCUT2D eigenvalue weighted by Gasteiger charge is 2.31. The summed E-state index contributed by atoms with van der Waals surface area (Å²) in [5, 5.41) is 11.7. The summed E-state index contributed by atoms with van der Waals surface area (Å²) in [4.78, 5) is 12.3. The average Bonchev–Trinajstić information content (AvgIpc) is 2.30. The molecular formula is C12H23F3N2O2. The molecule has 1 unspecified atom stereocenters. The molecule has 0 bridgehead atoms. The van der Waals surface area contributed by atoms with Gasteiger partial charge in [-0.2, -0.15) is 13.2 Å². The van der Waals surface area contributed by atoms with Gasteiger partial charge in [0, 0.05) is 0 Å². The predicted molar refractivity (Wildman–Crippen MR) is 67.1 cm³/mol. The van der Waals surface area contributed by atoms with Crippen LogP contribution in [0, 0.1) is 0 Å². The lowest BCUT2D eigenvalue weighted by molar-refractivity contribution is -0.145. The van der Waals surface area contributed by atoms with E-state index in [2.05, 4.69) is 5.32 Å². The molecule has 0 fully saturated rings. The standard InChI is InChI=1S/C12H23F3N2O2/c1-4-17(9-12(13,14)15)8-6-5-7-11(2,16-3)10(18)19/h16H,4-9H2,1-3H3,(H,18,19). The molecule has 0 aliphatic carbocycles. The van der Waals surface area contributed by atoms with Crippen LogP contribution in [0.15, 0.2) is 0 Å². The molecule has 7 heteroatoms. The molecule has 0 radical (unpaired) electrons. The Morgan fingerprint density at radius 1 is 1.32 bits per heavy atom. The number of rotatable bonds is 9. The molecule has 114 valence electrons. The lowest BCUT2D eigenvalue weighted by Gasteiger charge is -2.25. The molecule has 0 aliphatic heterocycles. The van der Waals surface area contributed by atoms with Crippen molar-refractivity contribution in [2.45, 2.75) is 44.8 Å². The summed E-state index contributed by atoms with van der Waals surface area (Å²) in [5.74, 6) is -0.947. The SMILES string of the molecule is CCN(CCCCC(C)(NC)C(=O)O)CC(F)(F)F. The fourth-order valence-corrected chi connectivity index (χ4v) is 1.76. The highest BCUT2D eigenvalue weighted by molar-refractivity contribution is 5.78. The Labute approximate surface area is 112 Å². The van der Waals surface area contributed by atoms with Gasteiger partial charge in [0.15, 0.2) is 0 Å². The highest BCUT2D eigenvalue weighted by Crippen LogP contribution is 2.18. The van der Waals surface area contributed by atoms with E-state index >= 15 is 0 Å². The Balaban J connectivity index is 4.05. The monoisotopic (exact) mass is 284 g/mol. The molecule has 0 heterocycles. The third kappa shape index (κ3) is 7.37. The second-order valence-corrected chi connectivity index (χ2v) is 4.83. The van der Waals surface area contributed by atoms with Gasteiger partial charge in [-0.25, -0.2) is 0 Å². The van der Waals surface area contributed by atoms with E-state index in [1.54, 1.807) is 20.9 Å². The average molecular weight is 284 g/mol. The van der Waals surface area contributed by atoms with Crippen LogP contribution in [0.1, 0.15) is 33.1 Å². The summed E-state index contributed by atoms with van der Waals surface area (Å²) in [6, 6.07) is 0. The van der Waals surface area contributed by atoms with Gasteiger partial charge in [-0.3, -0.25) is 9.69 Å². The van der Waals surface area contributed by atoms with Gasteiger partial charge < -0.3 is 10.4 Å². The minimum Gasteiger partial charge on any atom is -0.480 e. The van der Waals surface area contributed by atoms with Gasteiger partial charge in [-0.15, -0.1) is 0 Å². The van der Waals surface area contributed by atoms with Gasteiger partial charge in [-0.05, 0) is 46.3 Å². The van der Waals surface area contributed by atoms with Crippen LogP contribution in [0.4, 0.5) is 13.2 Å². The fourth-order valence-electron chi connectivity index (χ4n) is 1.76. The van der Waals surface area contributed by atoms with Crippen molar-refractivity contribution in [2.75, 3.05) is 26.7 Å². The molecule has 0 aromatic carbocycles. The Bertz CT molecular complexity index is 285. The van der Waals surface area contributed by atoms with Crippen molar-refractivity contribution in [3.63, 3.8) is 0 Å². The number of nitrogens with zero attached hydrogens (tertiary/aromatic N) is 1. The van der Waals surface area contributed by atoms with Crippen molar-refractivity contribution >= 4 is 5.97 Å². The normalized spacial score (nSPS) is 15.5. The van der Waals surface area contributed by atoms with Crippen molar-refractivity contribution < 1.29 is 23.1 Å². The number of likely N-dealkylation sites (N-methyl/N-ethyl adjacent to an activating group) is 1. The predicted octanol–water partition coefficient (Wildman–Crippen LogP) is 2.10. The number of alkyl halides is 3. The number of halogens is 3. The van der Waals surface area contributed by atoms with Gasteiger partial charge in [0.1, 0.15) is 5.54 Å². The smallest absolute Gasteiger partial charge is 0.401 e. The molecule has 0 rings (SSSR count). The molecule has 0 spiro atoms. The summed E-state index contributed by atoms with van der Waals surface area (Å²) >= 11 is 0. The lowest BCUT2D eigenvalue weighted by atomic mass is 9.95. The van der Waals surface area contributed by atoms with Gasteiger partial charge in [0.25, 0.3) is 0 Å². The first-order valence-corrected chi connectivity index (χ1v) is 6.36. The maximum Gasteiger partial charge on any atom is 0.401 e. The summed E-state index contributed by atoms with van der Waals surface area (Å²) in [7, 11) is 1.57. The molecule has 1 atom stereocenters. The van der Waals surface area contributed by atoms with E-state index in [0.29, 0.717) is 32.4 Å². The molecule has 0 saturated heterocycles. The molecule has 19 heavy (non-hydrogen) atoms. The van der Waals surface area contributed by atoms with E-state index in [0.717, 1.165) is 0 Å². The number of hydrogen-bond donors (Lipinski definition) is 2.